The maximum atomic E-state index is 5.94. The van der Waals surface area contributed by atoms with Crippen molar-refractivity contribution in [1.82, 2.24) is 5.01 Å². The molecule has 2 unspecified atom stereocenters. The highest BCUT2D eigenvalue weighted by molar-refractivity contribution is 6.02. The number of rotatable bonds is 1. The van der Waals surface area contributed by atoms with Gasteiger partial charge in [-0.2, -0.15) is 5.01 Å². The summed E-state index contributed by atoms with van der Waals surface area (Å²) in [6.07, 6.45) is 0.607. The first-order chi connectivity index (χ1) is 8.09. The second-order valence-electron chi connectivity index (χ2n) is 3.83. The Labute approximate surface area is 99.5 Å². The van der Waals surface area contributed by atoms with Gasteiger partial charge in [-0.3, -0.25) is 11.6 Å². The normalized spacial score (nSPS) is 28.2. The molecule has 6 heteroatoms. The topological polar surface area (TPSA) is 120 Å². The van der Waals surface area contributed by atoms with Crippen LogP contribution in [0.2, 0.25) is 0 Å². The molecule has 0 fully saturated rings. The lowest BCUT2D eigenvalue weighted by atomic mass is 10.1. The van der Waals surface area contributed by atoms with E-state index in [1.807, 2.05) is 36.4 Å². The van der Waals surface area contributed by atoms with Crippen molar-refractivity contribution < 1.29 is 0 Å². The first-order valence-electron chi connectivity index (χ1n) is 5.24. The summed E-state index contributed by atoms with van der Waals surface area (Å²) in [4.78, 5) is 4.02. The van der Waals surface area contributed by atoms with E-state index >= 15 is 0 Å². The summed E-state index contributed by atoms with van der Waals surface area (Å²) in [5, 5.41) is 1.27. The zero-order valence-corrected chi connectivity index (χ0v) is 9.32. The number of hydrazine groups is 1. The standard InChI is InChI=1S/C11H16N6/c12-9-8(6-7-4-2-1-3-5-7)10(13)17(15)11(14)16-9/h1-6,10-11H,13-15H2,(H2,12,16). The van der Waals surface area contributed by atoms with E-state index in [-0.39, 0.29) is 0 Å². The van der Waals surface area contributed by atoms with Crippen molar-refractivity contribution in [2.45, 2.75) is 12.5 Å². The van der Waals surface area contributed by atoms with Crippen molar-refractivity contribution in [2.24, 2.45) is 28.0 Å². The molecule has 1 aromatic rings. The van der Waals surface area contributed by atoms with E-state index in [0.717, 1.165) is 5.56 Å². The predicted octanol–water partition coefficient (Wildman–Crippen LogP) is -0.856. The molecule has 1 aliphatic rings. The SMILES string of the molecule is NC1=NC(N)N(N)C(N)C1=Cc1ccccc1. The molecule has 0 amide bonds. The Morgan fingerprint density at radius 3 is 2.47 bits per heavy atom. The highest BCUT2D eigenvalue weighted by Crippen LogP contribution is 2.15. The van der Waals surface area contributed by atoms with Gasteiger partial charge in [-0.1, -0.05) is 30.3 Å². The third-order valence-electron chi connectivity index (χ3n) is 2.63. The highest BCUT2D eigenvalue weighted by Gasteiger charge is 2.27. The van der Waals surface area contributed by atoms with E-state index in [4.69, 9.17) is 23.0 Å². The van der Waals surface area contributed by atoms with E-state index in [1.165, 1.54) is 5.01 Å². The summed E-state index contributed by atoms with van der Waals surface area (Å²) in [5.41, 5.74) is 19.0. The minimum absolute atomic E-state index is 0.329. The lowest BCUT2D eigenvalue weighted by Crippen LogP contribution is -2.60. The van der Waals surface area contributed by atoms with Gasteiger partial charge >= 0.3 is 0 Å². The number of nitrogens with two attached hydrogens (primary N) is 4. The lowest BCUT2D eigenvalue weighted by molar-refractivity contribution is 0.163. The summed E-state index contributed by atoms with van der Waals surface area (Å²) >= 11 is 0. The average Bonchev–Trinajstić information content (AvgIpc) is 2.33. The molecule has 0 saturated carbocycles. The average molecular weight is 232 g/mol. The number of nitrogens with zero attached hydrogens (tertiary/aromatic N) is 2. The maximum absolute atomic E-state index is 5.94. The highest BCUT2D eigenvalue weighted by atomic mass is 15.5. The van der Waals surface area contributed by atoms with Crippen LogP contribution < -0.4 is 23.0 Å². The van der Waals surface area contributed by atoms with Crippen molar-refractivity contribution in [3.8, 4) is 0 Å². The molecule has 8 N–H and O–H groups in total. The first-order valence-corrected chi connectivity index (χ1v) is 5.24. The molecule has 90 valence electrons. The van der Waals surface area contributed by atoms with Crippen LogP contribution in [0.25, 0.3) is 6.08 Å². The lowest BCUT2D eigenvalue weighted by Gasteiger charge is -2.33. The first kappa shape index (κ1) is 11.7. The predicted molar refractivity (Wildman–Crippen MR) is 68.0 cm³/mol. The van der Waals surface area contributed by atoms with Gasteiger partial charge in [-0.05, 0) is 11.6 Å². The van der Waals surface area contributed by atoms with Crippen LogP contribution in [0.15, 0.2) is 40.9 Å². The minimum atomic E-state index is -0.696. The Morgan fingerprint density at radius 2 is 1.82 bits per heavy atom. The summed E-state index contributed by atoms with van der Waals surface area (Å²) in [6.45, 7) is 0. The monoisotopic (exact) mass is 232 g/mol. The van der Waals surface area contributed by atoms with Crippen LogP contribution in [0.1, 0.15) is 5.56 Å². The molecule has 1 aliphatic heterocycles. The quantitative estimate of drug-likeness (QED) is 0.470. The van der Waals surface area contributed by atoms with Crippen molar-refractivity contribution in [3.05, 3.63) is 41.5 Å². The Hall–Kier alpha value is -1.73. The molecular formula is C11H16N6. The summed E-state index contributed by atoms with van der Waals surface area (Å²) in [5.74, 6) is 6.04. The molecule has 2 atom stereocenters. The Balaban J connectivity index is 2.38. The molecule has 0 radical (unpaired) electrons. The molecule has 17 heavy (non-hydrogen) atoms. The van der Waals surface area contributed by atoms with Gasteiger partial charge < -0.3 is 11.5 Å². The molecule has 2 rings (SSSR count). The molecule has 0 saturated heterocycles. The number of amidine groups is 1. The molecule has 0 aliphatic carbocycles. The van der Waals surface area contributed by atoms with Crippen molar-refractivity contribution in [1.29, 1.82) is 0 Å². The zero-order valence-electron chi connectivity index (χ0n) is 9.32. The fourth-order valence-corrected chi connectivity index (χ4v) is 1.65. The van der Waals surface area contributed by atoms with Crippen LogP contribution in [-0.4, -0.2) is 23.3 Å². The van der Waals surface area contributed by atoms with Crippen LogP contribution in [0.5, 0.6) is 0 Å². The largest absolute Gasteiger partial charge is 0.384 e. The minimum Gasteiger partial charge on any atom is -0.384 e. The Bertz CT molecular complexity index is 452. The molecule has 6 nitrogen and oxygen atoms in total. The fraction of sp³-hybridized carbons (Fsp3) is 0.182. The van der Waals surface area contributed by atoms with Gasteiger partial charge in [0.2, 0.25) is 0 Å². The van der Waals surface area contributed by atoms with Crippen molar-refractivity contribution in [3.63, 3.8) is 0 Å². The maximum Gasteiger partial charge on any atom is 0.169 e. The van der Waals surface area contributed by atoms with E-state index in [0.29, 0.717) is 11.4 Å². The van der Waals surface area contributed by atoms with Crippen LogP contribution >= 0.6 is 0 Å². The molecule has 1 aromatic carbocycles. The summed E-state index contributed by atoms with van der Waals surface area (Å²) < 4.78 is 0. The number of aliphatic imine (C=N–C) groups is 1. The second kappa shape index (κ2) is 4.64. The van der Waals surface area contributed by atoms with Crippen LogP contribution in [0, 0.1) is 0 Å². The third kappa shape index (κ3) is 2.34. The van der Waals surface area contributed by atoms with Crippen LogP contribution in [0.4, 0.5) is 0 Å². The van der Waals surface area contributed by atoms with Gasteiger partial charge in [-0.15, -0.1) is 0 Å². The van der Waals surface area contributed by atoms with Crippen molar-refractivity contribution in [2.75, 3.05) is 0 Å². The fourth-order valence-electron chi connectivity index (χ4n) is 1.65. The smallest absolute Gasteiger partial charge is 0.169 e. The molecule has 1 heterocycles. The Morgan fingerprint density at radius 1 is 1.18 bits per heavy atom. The van der Waals surface area contributed by atoms with Gasteiger partial charge in [0.25, 0.3) is 0 Å². The van der Waals surface area contributed by atoms with E-state index < -0.39 is 12.5 Å². The summed E-state index contributed by atoms with van der Waals surface area (Å²) in [7, 11) is 0. The molecular weight excluding hydrogens is 216 g/mol. The van der Waals surface area contributed by atoms with Gasteiger partial charge in [0.15, 0.2) is 6.29 Å². The van der Waals surface area contributed by atoms with Gasteiger partial charge in [0.05, 0.1) is 0 Å². The van der Waals surface area contributed by atoms with E-state index in [2.05, 4.69) is 4.99 Å². The van der Waals surface area contributed by atoms with Gasteiger partial charge in [-0.25, -0.2) is 4.99 Å². The molecule has 0 aromatic heterocycles. The number of hydrogen-bond donors (Lipinski definition) is 4. The number of hydrogen-bond acceptors (Lipinski definition) is 6. The zero-order chi connectivity index (χ0) is 12.4. The molecule has 0 bridgehead atoms. The number of benzene rings is 1. The third-order valence-corrected chi connectivity index (χ3v) is 2.63. The van der Waals surface area contributed by atoms with Gasteiger partial charge in [0.1, 0.15) is 12.0 Å². The van der Waals surface area contributed by atoms with Crippen molar-refractivity contribution >= 4 is 11.9 Å². The van der Waals surface area contributed by atoms with Crippen LogP contribution in [0.3, 0.4) is 0 Å². The Kier molecular flexibility index (Phi) is 3.21. The van der Waals surface area contributed by atoms with E-state index in [1.54, 1.807) is 0 Å². The molecule has 0 spiro atoms. The second-order valence-corrected chi connectivity index (χ2v) is 3.83. The van der Waals surface area contributed by atoms with Crippen LogP contribution in [-0.2, 0) is 0 Å². The summed E-state index contributed by atoms with van der Waals surface area (Å²) in [6, 6.07) is 9.69. The van der Waals surface area contributed by atoms with Gasteiger partial charge in [0, 0.05) is 5.57 Å². The van der Waals surface area contributed by atoms with E-state index in [9.17, 15) is 0 Å².